The van der Waals surface area contributed by atoms with Crippen molar-refractivity contribution in [2.45, 2.75) is 57.8 Å². The van der Waals surface area contributed by atoms with Gasteiger partial charge < -0.3 is 21.1 Å². The van der Waals surface area contributed by atoms with Gasteiger partial charge in [0.2, 0.25) is 0 Å². The first-order chi connectivity index (χ1) is 15.1. The van der Waals surface area contributed by atoms with Crippen LogP contribution in [0.4, 0.5) is 5.69 Å². The van der Waals surface area contributed by atoms with Crippen LogP contribution in [-0.4, -0.2) is 39.9 Å². The average molecular weight is 423 g/mol. The van der Waals surface area contributed by atoms with E-state index in [2.05, 4.69) is 20.7 Å². The summed E-state index contributed by atoms with van der Waals surface area (Å²) in [5.41, 5.74) is 9.19. The molecule has 2 aromatic heterocycles. The third-order valence-electron chi connectivity index (χ3n) is 5.94. The Bertz CT molecular complexity index is 1040. The predicted molar refractivity (Wildman–Crippen MR) is 121 cm³/mol. The molecule has 1 aromatic carbocycles. The maximum atomic E-state index is 13.1. The SMILES string of the molecule is CCn1ncc2c(N[C@H]3CC[C@@H](N)CC3)c(C(=O)NCc3ccc(OC)cc3)cnc21. The Morgan fingerprint density at radius 3 is 2.61 bits per heavy atom. The number of carbonyl (C=O) groups excluding carboxylic acids is 1. The Balaban J connectivity index is 1.58. The molecule has 8 heteroatoms. The van der Waals surface area contributed by atoms with E-state index in [0.29, 0.717) is 12.1 Å². The minimum absolute atomic E-state index is 0.163. The quantitative estimate of drug-likeness (QED) is 0.540. The van der Waals surface area contributed by atoms with Gasteiger partial charge in [0.05, 0.1) is 29.9 Å². The van der Waals surface area contributed by atoms with Crippen molar-refractivity contribution in [2.75, 3.05) is 12.4 Å². The zero-order valence-electron chi connectivity index (χ0n) is 18.1. The molecule has 3 aromatic rings. The summed E-state index contributed by atoms with van der Waals surface area (Å²) in [4.78, 5) is 17.7. The molecular weight excluding hydrogens is 392 g/mol. The molecule has 31 heavy (non-hydrogen) atoms. The fourth-order valence-corrected chi connectivity index (χ4v) is 4.07. The lowest BCUT2D eigenvalue weighted by molar-refractivity contribution is 0.0951. The average Bonchev–Trinajstić information content (AvgIpc) is 3.23. The lowest BCUT2D eigenvalue weighted by atomic mass is 9.91. The van der Waals surface area contributed by atoms with Crippen molar-refractivity contribution in [1.29, 1.82) is 0 Å². The summed E-state index contributed by atoms with van der Waals surface area (Å²) in [6.07, 6.45) is 7.39. The van der Waals surface area contributed by atoms with Crippen LogP contribution in [0.1, 0.15) is 48.5 Å². The number of methoxy groups -OCH3 is 1. The van der Waals surface area contributed by atoms with E-state index >= 15 is 0 Å². The Morgan fingerprint density at radius 2 is 1.94 bits per heavy atom. The van der Waals surface area contributed by atoms with Crippen molar-refractivity contribution in [3.05, 3.63) is 47.8 Å². The molecule has 0 unspecified atom stereocenters. The number of benzene rings is 1. The summed E-state index contributed by atoms with van der Waals surface area (Å²) < 4.78 is 7.03. The first kappa shape index (κ1) is 21.1. The van der Waals surface area contributed by atoms with Gasteiger partial charge in [0.25, 0.3) is 5.91 Å². The highest BCUT2D eigenvalue weighted by Gasteiger charge is 2.23. The number of nitrogens with one attached hydrogen (secondary N) is 2. The van der Waals surface area contributed by atoms with Crippen molar-refractivity contribution in [3.8, 4) is 5.75 Å². The largest absolute Gasteiger partial charge is 0.497 e. The second-order valence-corrected chi connectivity index (χ2v) is 8.03. The fraction of sp³-hybridized carbons (Fsp3) is 0.435. The molecule has 0 aliphatic heterocycles. The highest BCUT2D eigenvalue weighted by Crippen LogP contribution is 2.30. The summed E-state index contributed by atoms with van der Waals surface area (Å²) in [6, 6.07) is 8.20. The van der Waals surface area contributed by atoms with Gasteiger partial charge in [-0.3, -0.25) is 4.79 Å². The normalized spacial score (nSPS) is 18.7. The molecule has 0 atom stereocenters. The summed E-state index contributed by atoms with van der Waals surface area (Å²) in [5, 5.41) is 11.9. The number of nitrogens with two attached hydrogens (primary N) is 1. The number of aryl methyl sites for hydroxylation is 1. The number of anilines is 1. The van der Waals surface area contributed by atoms with Crippen LogP contribution in [0.25, 0.3) is 11.0 Å². The number of fused-ring (bicyclic) bond motifs is 1. The number of rotatable bonds is 7. The molecule has 4 rings (SSSR count). The third kappa shape index (κ3) is 4.64. The van der Waals surface area contributed by atoms with E-state index in [1.54, 1.807) is 19.5 Å². The summed E-state index contributed by atoms with van der Waals surface area (Å²) in [6.45, 7) is 3.17. The summed E-state index contributed by atoms with van der Waals surface area (Å²) in [5.74, 6) is 0.626. The smallest absolute Gasteiger partial charge is 0.255 e. The van der Waals surface area contributed by atoms with Crippen LogP contribution in [0.2, 0.25) is 0 Å². The van der Waals surface area contributed by atoms with E-state index < -0.39 is 0 Å². The standard InChI is InChI=1S/C23H30N6O2/c1-3-29-22-19(14-27-29)21(28-17-8-6-16(24)7-9-17)20(13-25-22)23(30)26-12-15-4-10-18(31-2)11-5-15/h4-5,10-11,13-14,16-17H,3,6-9,12,24H2,1-2H3,(H,25,28)(H,26,30)/t16-,17+. The lowest BCUT2D eigenvalue weighted by Gasteiger charge is -2.28. The lowest BCUT2D eigenvalue weighted by Crippen LogP contribution is -2.33. The molecule has 0 spiro atoms. The van der Waals surface area contributed by atoms with Crippen molar-refractivity contribution in [2.24, 2.45) is 5.73 Å². The van der Waals surface area contributed by atoms with Gasteiger partial charge >= 0.3 is 0 Å². The zero-order valence-corrected chi connectivity index (χ0v) is 18.1. The van der Waals surface area contributed by atoms with Crippen LogP contribution in [0, 0.1) is 0 Å². The Hall–Kier alpha value is -3.13. The highest BCUT2D eigenvalue weighted by molar-refractivity contribution is 6.06. The maximum absolute atomic E-state index is 13.1. The Labute approximate surface area is 182 Å². The molecule has 1 saturated carbocycles. The van der Waals surface area contributed by atoms with Gasteiger partial charge in [0.1, 0.15) is 5.75 Å². The fourth-order valence-electron chi connectivity index (χ4n) is 4.07. The third-order valence-corrected chi connectivity index (χ3v) is 5.94. The second kappa shape index (κ2) is 9.34. The number of ether oxygens (including phenoxy) is 1. The van der Waals surface area contributed by atoms with Crippen LogP contribution in [0.3, 0.4) is 0 Å². The van der Waals surface area contributed by atoms with Gasteiger partial charge in [0.15, 0.2) is 5.65 Å². The molecule has 2 heterocycles. The second-order valence-electron chi connectivity index (χ2n) is 8.03. The number of hydrogen-bond donors (Lipinski definition) is 3. The monoisotopic (exact) mass is 422 g/mol. The van der Waals surface area contributed by atoms with Gasteiger partial charge in [-0.15, -0.1) is 0 Å². The molecule has 0 bridgehead atoms. The van der Waals surface area contributed by atoms with Crippen LogP contribution < -0.4 is 21.1 Å². The number of hydrogen-bond acceptors (Lipinski definition) is 6. The van der Waals surface area contributed by atoms with Gasteiger partial charge in [-0.1, -0.05) is 12.1 Å². The predicted octanol–water partition coefficient (Wildman–Crippen LogP) is 3.07. The van der Waals surface area contributed by atoms with Crippen LogP contribution in [0.5, 0.6) is 5.75 Å². The molecule has 164 valence electrons. The van der Waals surface area contributed by atoms with Gasteiger partial charge in [-0.2, -0.15) is 5.10 Å². The Morgan fingerprint density at radius 1 is 1.19 bits per heavy atom. The van der Waals surface area contributed by atoms with Crippen molar-refractivity contribution < 1.29 is 9.53 Å². The number of aromatic nitrogens is 3. The van der Waals surface area contributed by atoms with Crippen molar-refractivity contribution in [1.82, 2.24) is 20.1 Å². The Kier molecular flexibility index (Phi) is 6.36. The minimum atomic E-state index is -0.163. The van der Waals surface area contributed by atoms with E-state index in [-0.39, 0.29) is 18.0 Å². The molecule has 1 aliphatic carbocycles. The van der Waals surface area contributed by atoms with E-state index in [0.717, 1.165) is 60.3 Å². The molecule has 0 saturated heterocycles. The van der Waals surface area contributed by atoms with E-state index in [1.165, 1.54) is 0 Å². The minimum Gasteiger partial charge on any atom is -0.497 e. The summed E-state index contributed by atoms with van der Waals surface area (Å²) >= 11 is 0. The number of carbonyl (C=O) groups is 1. The van der Waals surface area contributed by atoms with Crippen LogP contribution >= 0.6 is 0 Å². The first-order valence-corrected chi connectivity index (χ1v) is 10.9. The van der Waals surface area contributed by atoms with Gasteiger partial charge in [-0.05, 0) is 50.3 Å². The first-order valence-electron chi connectivity index (χ1n) is 10.9. The molecule has 1 aliphatic rings. The highest BCUT2D eigenvalue weighted by atomic mass is 16.5. The number of nitrogens with zero attached hydrogens (tertiary/aromatic N) is 3. The topological polar surface area (TPSA) is 107 Å². The number of pyridine rings is 1. The molecule has 1 fully saturated rings. The van der Waals surface area contributed by atoms with E-state index in [9.17, 15) is 4.79 Å². The van der Waals surface area contributed by atoms with E-state index in [4.69, 9.17) is 10.5 Å². The summed E-state index contributed by atoms with van der Waals surface area (Å²) in [7, 11) is 1.63. The zero-order chi connectivity index (χ0) is 21.8. The number of amides is 1. The molecular formula is C23H30N6O2. The van der Waals surface area contributed by atoms with Crippen LogP contribution in [0.15, 0.2) is 36.7 Å². The molecule has 4 N–H and O–H groups in total. The van der Waals surface area contributed by atoms with Crippen molar-refractivity contribution in [3.63, 3.8) is 0 Å². The van der Waals surface area contributed by atoms with E-state index in [1.807, 2.05) is 35.9 Å². The molecule has 8 nitrogen and oxygen atoms in total. The maximum Gasteiger partial charge on any atom is 0.255 e. The van der Waals surface area contributed by atoms with Gasteiger partial charge in [-0.25, -0.2) is 9.67 Å². The van der Waals surface area contributed by atoms with Gasteiger partial charge in [0, 0.05) is 31.4 Å². The molecule has 0 radical (unpaired) electrons. The molecule has 1 amide bonds. The van der Waals surface area contributed by atoms with Crippen LogP contribution in [-0.2, 0) is 13.1 Å². The van der Waals surface area contributed by atoms with Crippen molar-refractivity contribution >= 4 is 22.6 Å².